The van der Waals surface area contributed by atoms with Gasteiger partial charge < -0.3 is 0 Å². The zero-order valence-electron chi connectivity index (χ0n) is 8.01. The quantitative estimate of drug-likeness (QED) is 0.588. The van der Waals surface area contributed by atoms with Crippen LogP contribution in [-0.2, 0) is 6.42 Å². The molecule has 1 aliphatic carbocycles. The summed E-state index contributed by atoms with van der Waals surface area (Å²) in [6.45, 7) is 6.82. The van der Waals surface area contributed by atoms with Crippen molar-refractivity contribution in [2.45, 2.75) is 27.2 Å². The van der Waals surface area contributed by atoms with Gasteiger partial charge in [0.15, 0.2) is 0 Å². The van der Waals surface area contributed by atoms with Crippen LogP contribution in [0.1, 0.15) is 30.5 Å². The van der Waals surface area contributed by atoms with Gasteiger partial charge in [0.25, 0.3) is 0 Å². The van der Waals surface area contributed by atoms with Crippen molar-refractivity contribution in [1.29, 1.82) is 0 Å². The molecule has 0 unspecified atom stereocenters. The Morgan fingerprint density at radius 2 is 2.00 bits per heavy atom. The Balaban J connectivity index is 2.40. The lowest BCUT2D eigenvalue weighted by molar-refractivity contribution is 0.499. The summed E-state index contributed by atoms with van der Waals surface area (Å²) in [6.07, 6.45) is 3.45. The monoisotopic (exact) mass is 228 g/mol. The Labute approximate surface area is 91.9 Å². The van der Waals surface area contributed by atoms with Gasteiger partial charge in [0.05, 0.1) is 0 Å². The lowest BCUT2D eigenvalue weighted by Crippen LogP contribution is -2.08. The van der Waals surface area contributed by atoms with Crippen LogP contribution in [0.25, 0.3) is 6.08 Å². The van der Waals surface area contributed by atoms with Crippen LogP contribution in [0.2, 0.25) is 0 Å². The Morgan fingerprint density at radius 3 is 2.54 bits per heavy atom. The molecule has 0 saturated carbocycles. The fraction of sp³-hybridized carbons (Fsp3) is 0.500. The molecular formula is C10H12S3. The normalized spacial score (nSPS) is 15.8. The largest absolute Gasteiger partial charge is 0.144 e. The highest BCUT2D eigenvalue weighted by molar-refractivity contribution is 7.76. The second-order valence-electron chi connectivity index (χ2n) is 4.34. The SMILES string of the molecule is CC(C)(C)C1=Cc2sc(=S)sc2C1. The minimum absolute atomic E-state index is 0.313. The molecule has 1 aromatic rings. The van der Waals surface area contributed by atoms with Crippen molar-refractivity contribution in [2.75, 3.05) is 0 Å². The van der Waals surface area contributed by atoms with Gasteiger partial charge in [-0.15, -0.1) is 22.7 Å². The number of hydrogen-bond acceptors (Lipinski definition) is 3. The van der Waals surface area contributed by atoms with Gasteiger partial charge in [-0.1, -0.05) is 38.6 Å². The van der Waals surface area contributed by atoms with Gasteiger partial charge >= 0.3 is 0 Å². The fourth-order valence-corrected chi connectivity index (χ4v) is 4.13. The third kappa shape index (κ3) is 1.78. The van der Waals surface area contributed by atoms with Crippen LogP contribution in [0.15, 0.2) is 5.57 Å². The highest BCUT2D eigenvalue weighted by Gasteiger charge is 2.24. The van der Waals surface area contributed by atoms with E-state index in [1.165, 1.54) is 9.75 Å². The van der Waals surface area contributed by atoms with Gasteiger partial charge in [-0.05, 0) is 11.5 Å². The van der Waals surface area contributed by atoms with Gasteiger partial charge in [-0.2, -0.15) is 0 Å². The van der Waals surface area contributed by atoms with E-state index in [-0.39, 0.29) is 0 Å². The Kier molecular flexibility index (Phi) is 2.21. The molecule has 0 N–H and O–H groups in total. The highest BCUT2D eigenvalue weighted by Crippen LogP contribution is 2.41. The van der Waals surface area contributed by atoms with Gasteiger partial charge in [-0.25, -0.2) is 0 Å². The van der Waals surface area contributed by atoms with Gasteiger partial charge in [0.2, 0.25) is 0 Å². The van der Waals surface area contributed by atoms with Crippen LogP contribution in [0.4, 0.5) is 0 Å². The van der Waals surface area contributed by atoms with Crippen LogP contribution < -0.4 is 0 Å². The summed E-state index contributed by atoms with van der Waals surface area (Å²) in [6, 6.07) is 0. The molecule has 3 heteroatoms. The van der Waals surface area contributed by atoms with Crippen LogP contribution in [0.3, 0.4) is 0 Å². The summed E-state index contributed by atoms with van der Waals surface area (Å²) in [7, 11) is 0. The Hall–Kier alpha value is 0.01000. The molecule has 0 radical (unpaired) electrons. The minimum atomic E-state index is 0.313. The lowest BCUT2D eigenvalue weighted by atomic mass is 9.86. The summed E-state index contributed by atoms with van der Waals surface area (Å²) in [4.78, 5) is 2.87. The maximum absolute atomic E-state index is 5.16. The smallest absolute Gasteiger partial charge is 0.117 e. The predicted molar refractivity (Wildman–Crippen MR) is 64.2 cm³/mol. The number of fused-ring (bicyclic) bond motifs is 1. The Bertz CT molecular complexity index is 412. The first-order valence-corrected chi connectivity index (χ1v) is 6.35. The first kappa shape index (κ1) is 9.56. The van der Waals surface area contributed by atoms with Crippen molar-refractivity contribution >= 4 is 41.0 Å². The third-order valence-electron chi connectivity index (χ3n) is 2.29. The number of allylic oxidation sites excluding steroid dienone is 1. The van der Waals surface area contributed by atoms with Crippen molar-refractivity contribution in [2.24, 2.45) is 5.41 Å². The van der Waals surface area contributed by atoms with Crippen molar-refractivity contribution in [3.05, 3.63) is 18.5 Å². The predicted octanol–water partition coefficient (Wildman–Crippen LogP) is 4.52. The van der Waals surface area contributed by atoms with E-state index in [0.29, 0.717) is 5.41 Å². The summed E-state index contributed by atoms with van der Waals surface area (Å²) in [5.41, 5.74) is 1.85. The lowest BCUT2D eigenvalue weighted by Gasteiger charge is -2.19. The van der Waals surface area contributed by atoms with E-state index < -0.39 is 0 Å². The molecule has 2 rings (SSSR count). The zero-order chi connectivity index (χ0) is 9.64. The van der Waals surface area contributed by atoms with E-state index in [9.17, 15) is 0 Å². The van der Waals surface area contributed by atoms with E-state index in [2.05, 4.69) is 26.8 Å². The van der Waals surface area contributed by atoms with E-state index in [1.54, 1.807) is 28.2 Å². The molecule has 0 fully saturated rings. The molecule has 1 aliphatic rings. The van der Waals surface area contributed by atoms with E-state index >= 15 is 0 Å². The summed E-state index contributed by atoms with van der Waals surface area (Å²) in [5.74, 6) is 0. The maximum Gasteiger partial charge on any atom is 0.144 e. The van der Waals surface area contributed by atoms with Crippen molar-refractivity contribution < 1.29 is 0 Å². The van der Waals surface area contributed by atoms with E-state index in [4.69, 9.17) is 12.2 Å². The topological polar surface area (TPSA) is 0 Å². The van der Waals surface area contributed by atoms with E-state index in [0.717, 1.165) is 9.56 Å². The van der Waals surface area contributed by atoms with Gasteiger partial charge in [0.1, 0.15) is 3.14 Å². The molecule has 0 saturated heterocycles. The second kappa shape index (κ2) is 3.01. The molecule has 0 atom stereocenters. The van der Waals surface area contributed by atoms with Crippen LogP contribution >= 0.6 is 34.9 Å². The molecule has 70 valence electrons. The van der Waals surface area contributed by atoms with Crippen LogP contribution in [-0.4, -0.2) is 0 Å². The third-order valence-corrected chi connectivity index (χ3v) is 4.95. The summed E-state index contributed by atoms with van der Waals surface area (Å²) in [5, 5.41) is 0. The molecule has 0 nitrogen and oxygen atoms in total. The molecular weight excluding hydrogens is 216 g/mol. The summed E-state index contributed by atoms with van der Waals surface area (Å²) >= 11 is 8.69. The number of rotatable bonds is 0. The summed E-state index contributed by atoms with van der Waals surface area (Å²) < 4.78 is 1.06. The molecule has 1 aromatic heterocycles. The molecule has 0 aliphatic heterocycles. The maximum atomic E-state index is 5.16. The number of hydrogen-bond donors (Lipinski definition) is 0. The van der Waals surface area contributed by atoms with Crippen LogP contribution in [0.5, 0.6) is 0 Å². The minimum Gasteiger partial charge on any atom is -0.117 e. The van der Waals surface area contributed by atoms with Crippen molar-refractivity contribution in [3.8, 4) is 0 Å². The van der Waals surface area contributed by atoms with Gasteiger partial charge in [0, 0.05) is 16.2 Å². The van der Waals surface area contributed by atoms with Gasteiger partial charge in [-0.3, -0.25) is 0 Å². The fourth-order valence-electron chi connectivity index (χ4n) is 1.42. The van der Waals surface area contributed by atoms with Crippen molar-refractivity contribution in [1.82, 2.24) is 0 Å². The average Bonchev–Trinajstić information content (AvgIpc) is 2.40. The van der Waals surface area contributed by atoms with Crippen molar-refractivity contribution in [3.63, 3.8) is 0 Å². The molecule has 0 bridgehead atoms. The first-order chi connectivity index (χ1) is 5.97. The standard InChI is InChI=1S/C10H12S3/c1-10(2,3)6-4-7-8(5-6)13-9(11)12-7/h4H,5H2,1-3H3. The first-order valence-electron chi connectivity index (χ1n) is 4.31. The average molecular weight is 228 g/mol. The molecule has 13 heavy (non-hydrogen) atoms. The molecule has 0 aromatic carbocycles. The molecule has 0 amide bonds. The highest BCUT2D eigenvalue weighted by atomic mass is 32.2. The molecule has 0 spiro atoms. The second-order valence-corrected chi connectivity index (χ2v) is 7.68. The van der Waals surface area contributed by atoms with Crippen LogP contribution in [0, 0.1) is 8.55 Å². The van der Waals surface area contributed by atoms with E-state index in [1.807, 2.05) is 0 Å². The Morgan fingerprint density at radius 1 is 1.31 bits per heavy atom. The molecule has 1 heterocycles. The zero-order valence-corrected chi connectivity index (χ0v) is 10.5.